The number of hydrogen-bond acceptors (Lipinski definition) is 5. The summed E-state index contributed by atoms with van der Waals surface area (Å²) in [7, 11) is -0.574. The maximum atomic E-state index is 13.0. The van der Waals surface area contributed by atoms with Crippen molar-refractivity contribution < 1.29 is 13.2 Å². The number of nitrogens with one attached hydrogen (secondary N) is 1. The monoisotopic (exact) mass is 501 g/mol. The molecule has 5 rings (SSSR count). The Bertz CT molecular complexity index is 1270. The minimum absolute atomic E-state index is 0.182. The summed E-state index contributed by atoms with van der Waals surface area (Å²) in [4.78, 5) is 4.63. The number of halogens is 1. The molecule has 180 valence electrons. The Labute approximate surface area is 205 Å². The number of H-pyrrole nitrogens is 1. The number of nitrogens with zero attached hydrogens (tertiary/aromatic N) is 4. The summed E-state index contributed by atoms with van der Waals surface area (Å²) in [6, 6.07) is 11.7. The lowest BCUT2D eigenvalue weighted by molar-refractivity contribution is 0.146. The Morgan fingerprint density at radius 3 is 2.56 bits per heavy atom. The smallest absolute Gasteiger partial charge is 0.282 e. The minimum atomic E-state index is -3.64. The van der Waals surface area contributed by atoms with Crippen LogP contribution in [0.5, 0.6) is 5.75 Å². The van der Waals surface area contributed by atoms with Crippen molar-refractivity contribution in [3.05, 3.63) is 64.6 Å². The lowest BCUT2D eigenvalue weighted by Crippen LogP contribution is -2.38. The highest BCUT2D eigenvalue weighted by Crippen LogP contribution is 2.42. The fourth-order valence-corrected chi connectivity index (χ4v) is 6.09. The average Bonchev–Trinajstić information content (AvgIpc) is 3.15. The van der Waals surface area contributed by atoms with E-state index in [1.165, 1.54) is 22.7 Å². The summed E-state index contributed by atoms with van der Waals surface area (Å²) in [6.45, 7) is 0.395. The third-order valence-corrected chi connectivity index (χ3v) is 8.66. The molecule has 0 saturated heterocycles. The van der Waals surface area contributed by atoms with Gasteiger partial charge in [-0.3, -0.25) is 10.1 Å². The SMILES string of the molecule is CN(C)S(=O)(=O)N1Cc2cc(Cl)cnc2-c2c(C3CCC(Oc4ccccc4)CC3)n[nH]c2C1. The zero-order chi connectivity index (χ0) is 23.9. The Kier molecular flexibility index (Phi) is 6.37. The van der Waals surface area contributed by atoms with Gasteiger partial charge in [0.05, 0.1) is 34.8 Å². The number of hydrogen-bond donors (Lipinski definition) is 1. The van der Waals surface area contributed by atoms with Gasteiger partial charge in [0.1, 0.15) is 5.75 Å². The third kappa shape index (κ3) is 4.45. The first-order valence-corrected chi connectivity index (χ1v) is 13.2. The van der Waals surface area contributed by atoms with Crippen molar-refractivity contribution in [2.24, 2.45) is 0 Å². The number of fused-ring (bicyclic) bond motifs is 3. The number of para-hydroxylation sites is 1. The Morgan fingerprint density at radius 1 is 1.12 bits per heavy atom. The van der Waals surface area contributed by atoms with Gasteiger partial charge in [-0.2, -0.15) is 22.1 Å². The molecule has 3 aromatic rings. The van der Waals surface area contributed by atoms with Crippen LogP contribution >= 0.6 is 11.6 Å². The van der Waals surface area contributed by atoms with Crippen LogP contribution in [0.4, 0.5) is 0 Å². The molecule has 3 heterocycles. The van der Waals surface area contributed by atoms with E-state index in [1.807, 2.05) is 30.3 Å². The molecule has 10 heteroatoms. The van der Waals surface area contributed by atoms with Crippen molar-refractivity contribution in [2.45, 2.75) is 50.8 Å². The van der Waals surface area contributed by atoms with E-state index >= 15 is 0 Å². The fraction of sp³-hybridized carbons (Fsp3) is 0.417. The maximum Gasteiger partial charge on any atom is 0.282 e. The maximum absolute atomic E-state index is 13.0. The molecule has 1 N–H and O–H groups in total. The summed E-state index contributed by atoms with van der Waals surface area (Å²) in [5.74, 6) is 1.15. The van der Waals surface area contributed by atoms with Gasteiger partial charge in [-0.15, -0.1) is 0 Å². The van der Waals surface area contributed by atoms with Gasteiger partial charge in [-0.25, -0.2) is 0 Å². The molecule has 0 amide bonds. The van der Waals surface area contributed by atoms with Gasteiger partial charge >= 0.3 is 0 Å². The van der Waals surface area contributed by atoms with E-state index in [1.54, 1.807) is 12.3 Å². The molecule has 0 radical (unpaired) electrons. The van der Waals surface area contributed by atoms with Crippen LogP contribution < -0.4 is 4.74 Å². The molecule has 0 bridgehead atoms. The molecule has 1 fully saturated rings. The van der Waals surface area contributed by atoms with Crippen LogP contribution in [0.15, 0.2) is 42.6 Å². The van der Waals surface area contributed by atoms with E-state index in [4.69, 9.17) is 16.3 Å². The number of aromatic nitrogens is 3. The van der Waals surface area contributed by atoms with E-state index in [2.05, 4.69) is 15.2 Å². The van der Waals surface area contributed by atoms with Gasteiger partial charge < -0.3 is 4.74 Å². The van der Waals surface area contributed by atoms with Crippen molar-refractivity contribution in [2.75, 3.05) is 14.1 Å². The van der Waals surface area contributed by atoms with E-state index in [9.17, 15) is 8.42 Å². The van der Waals surface area contributed by atoms with Crippen LogP contribution in [0, 0.1) is 0 Å². The molecule has 2 aliphatic rings. The first kappa shape index (κ1) is 23.3. The lowest BCUT2D eigenvalue weighted by atomic mass is 9.83. The number of benzene rings is 1. The molecule has 1 saturated carbocycles. The summed E-state index contributed by atoms with van der Waals surface area (Å²) in [5, 5.41) is 8.29. The molecule has 1 aliphatic carbocycles. The Hall–Kier alpha value is -2.46. The zero-order valence-corrected chi connectivity index (χ0v) is 20.8. The molecule has 1 aliphatic heterocycles. The minimum Gasteiger partial charge on any atom is -0.490 e. The topological polar surface area (TPSA) is 91.4 Å². The van der Waals surface area contributed by atoms with E-state index in [0.717, 1.165) is 59.6 Å². The van der Waals surface area contributed by atoms with Crippen molar-refractivity contribution in [3.63, 3.8) is 0 Å². The predicted octanol–water partition coefficient (Wildman–Crippen LogP) is 4.35. The average molecular weight is 502 g/mol. The number of ether oxygens (including phenoxy) is 1. The van der Waals surface area contributed by atoms with E-state index in [0.29, 0.717) is 5.02 Å². The fourth-order valence-electron chi connectivity index (χ4n) is 4.86. The summed E-state index contributed by atoms with van der Waals surface area (Å²) >= 11 is 6.25. The highest BCUT2D eigenvalue weighted by Gasteiger charge is 2.35. The van der Waals surface area contributed by atoms with Gasteiger partial charge in [-0.05, 0) is 49.4 Å². The Morgan fingerprint density at radius 2 is 1.85 bits per heavy atom. The van der Waals surface area contributed by atoms with Crippen LogP contribution in [0.1, 0.15) is 48.6 Å². The molecule has 0 spiro atoms. The molecule has 2 aromatic heterocycles. The highest BCUT2D eigenvalue weighted by atomic mass is 35.5. The van der Waals surface area contributed by atoms with Crippen LogP contribution in [0.25, 0.3) is 11.3 Å². The second-order valence-corrected chi connectivity index (χ2v) is 11.7. The molecular weight excluding hydrogens is 474 g/mol. The van der Waals surface area contributed by atoms with Crippen molar-refractivity contribution >= 4 is 21.8 Å². The van der Waals surface area contributed by atoms with Gasteiger partial charge in [-0.1, -0.05) is 29.8 Å². The third-order valence-electron chi connectivity index (χ3n) is 6.62. The number of pyridine rings is 1. The van der Waals surface area contributed by atoms with Crippen molar-refractivity contribution in [1.82, 2.24) is 23.8 Å². The van der Waals surface area contributed by atoms with Crippen LogP contribution in [0.2, 0.25) is 5.02 Å². The summed E-state index contributed by atoms with van der Waals surface area (Å²) in [6.07, 6.45) is 5.55. The van der Waals surface area contributed by atoms with Gasteiger partial charge in [0.2, 0.25) is 0 Å². The van der Waals surface area contributed by atoms with Gasteiger partial charge in [0.25, 0.3) is 10.2 Å². The molecule has 0 unspecified atom stereocenters. The second-order valence-electron chi connectivity index (χ2n) is 9.09. The van der Waals surface area contributed by atoms with Crippen LogP contribution in [0.3, 0.4) is 0 Å². The summed E-state index contributed by atoms with van der Waals surface area (Å²) < 4.78 is 34.8. The lowest BCUT2D eigenvalue weighted by Gasteiger charge is -2.28. The predicted molar refractivity (Wildman–Crippen MR) is 131 cm³/mol. The number of rotatable bonds is 5. The zero-order valence-electron chi connectivity index (χ0n) is 19.2. The largest absolute Gasteiger partial charge is 0.490 e. The standard InChI is InChI=1S/C24H28ClN5O3S/c1-29(2)34(31,32)30-14-17-12-18(25)13-26-23(17)22-21(15-30)27-28-24(22)16-8-10-20(11-9-16)33-19-6-4-3-5-7-19/h3-7,12-13,16,20H,8-11,14-15H2,1-2H3,(H,27,28). The first-order chi connectivity index (χ1) is 16.3. The van der Waals surface area contributed by atoms with Crippen molar-refractivity contribution in [1.29, 1.82) is 0 Å². The Balaban J connectivity index is 1.44. The van der Waals surface area contributed by atoms with Crippen LogP contribution in [-0.4, -0.2) is 52.4 Å². The normalized spacial score (nSPS) is 21.1. The second kappa shape index (κ2) is 9.30. The van der Waals surface area contributed by atoms with E-state index < -0.39 is 10.2 Å². The molecule has 1 aromatic carbocycles. The van der Waals surface area contributed by atoms with E-state index in [-0.39, 0.29) is 25.1 Å². The highest BCUT2D eigenvalue weighted by molar-refractivity contribution is 7.86. The number of aromatic amines is 1. The van der Waals surface area contributed by atoms with Crippen LogP contribution in [-0.2, 0) is 23.3 Å². The summed E-state index contributed by atoms with van der Waals surface area (Å²) in [5.41, 5.74) is 4.16. The quantitative estimate of drug-likeness (QED) is 0.561. The molecule has 34 heavy (non-hydrogen) atoms. The molecule has 0 atom stereocenters. The van der Waals surface area contributed by atoms with Crippen molar-refractivity contribution in [3.8, 4) is 17.0 Å². The van der Waals surface area contributed by atoms with Gasteiger partial charge in [0, 0.05) is 38.3 Å². The molecular formula is C24H28ClN5O3S. The van der Waals surface area contributed by atoms with Gasteiger partial charge in [0.15, 0.2) is 0 Å². The molecule has 8 nitrogen and oxygen atoms in total. The first-order valence-electron chi connectivity index (χ1n) is 11.4.